The van der Waals surface area contributed by atoms with E-state index in [2.05, 4.69) is 34.4 Å². The van der Waals surface area contributed by atoms with E-state index < -0.39 is 0 Å². The Balaban J connectivity index is 1.69. The van der Waals surface area contributed by atoms with Crippen LogP contribution >= 0.6 is 22.7 Å². The van der Waals surface area contributed by atoms with Gasteiger partial charge in [0.15, 0.2) is 5.13 Å². The summed E-state index contributed by atoms with van der Waals surface area (Å²) in [5.74, 6) is 0.402. The molecule has 8 heteroatoms. The van der Waals surface area contributed by atoms with Crippen molar-refractivity contribution in [3.05, 3.63) is 26.7 Å². The summed E-state index contributed by atoms with van der Waals surface area (Å²) in [6.45, 7) is 8.14. The van der Waals surface area contributed by atoms with Gasteiger partial charge in [-0.15, -0.1) is 22.7 Å². The molecule has 146 valence electrons. The molecule has 2 amide bonds. The van der Waals surface area contributed by atoms with Crippen LogP contribution in [0.2, 0.25) is 0 Å². The standard InChI is InChI=1S/C19H26N4O2S2/c1-10(2)8-14(21-16(24)13-6-5-7-13)18-22-15(9-26-18)17(25)23-19-20-11(3)12(4)27-19/h9-10,13-14H,5-8H2,1-4H3,(H,21,24)(H,20,23,25)/t14-/m1/s1. The Morgan fingerprint density at radius 1 is 1.26 bits per heavy atom. The molecule has 3 rings (SSSR count). The van der Waals surface area contributed by atoms with Crippen molar-refractivity contribution in [2.45, 2.75) is 59.4 Å². The van der Waals surface area contributed by atoms with Crippen molar-refractivity contribution in [3.8, 4) is 0 Å². The predicted octanol–water partition coefficient (Wildman–Crippen LogP) is 4.47. The van der Waals surface area contributed by atoms with E-state index in [9.17, 15) is 9.59 Å². The van der Waals surface area contributed by atoms with Crippen molar-refractivity contribution in [2.75, 3.05) is 5.32 Å². The zero-order chi connectivity index (χ0) is 19.6. The van der Waals surface area contributed by atoms with Gasteiger partial charge in [0.05, 0.1) is 11.7 Å². The quantitative estimate of drug-likeness (QED) is 0.710. The van der Waals surface area contributed by atoms with Crippen molar-refractivity contribution in [1.82, 2.24) is 15.3 Å². The van der Waals surface area contributed by atoms with E-state index in [1.165, 1.54) is 22.7 Å². The van der Waals surface area contributed by atoms with Gasteiger partial charge in [0, 0.05) is 16.2 Å². The van der Waals surface area contributed by atoms with Gasteiger partial charge < -0.3 is 5.32 Å². The molecule has 0 saturated heterocycles. The topological polar surface area (TPSA) is 84.0 Å². The molecule has 0 radical (unpaired) electrons. The molecule has 27 heavy (non-hydrogen) atoms. The Labute approximate surface area is 167 Å². The van der Waals surface area contributed by atoms with Gasteiger partial charge in [-0.05, 0) is 39.0 Å². The van der Waals surface area contributed by atoms with Gasteiger partial charge in [-0.2, -0.15) is 0 Å². The van der Waals surface area contributed by atoms with Crippen LogP contribution in [0.25, 0.3) is 0 Å². The van der Waals surface area contributed by atoms with Crippen LogP contribution in [0.1, 0.15) is 71.6 Å². The Morgan fingerprint density at radius 3 is 2.56 bits per heavy atom. The fourth-order valence-corrected chi connectivity index (χ4v) is 4.56. The third kappa shape index (κ3) is 4.93. The average molecular weight is 407 g/mol. The summed E-state index contributed by atoms with van der Waals surface area (Å²) in [5.41, 5.74) is 1.29. The van der Waals surface area contributed by atoms with Crippen LogP contribution in [0.5, 0.6) is 0 Å². The van der Waals surface area contributed by atoms with E-state index in [1.54, 1.807) is 5.38 Å². The number of carbonyl (C=O) groups is 2. The second-order valence-electron chi connectivity index (χ2n) is 7.50. The molecule has 1 atom stereocenters. The first-order chi connectivity index (χ1) is 12.8. The number of nitrogens with one attached hydrogen (secondary N) is 2. The smallest absolute Gasteiger partial charge is 0.276 e. The third-order valence-corrected chi connectivity index (χ3v) is 6.75. The number of aromatic nitrogens is 2. The predicted molar refractivity (Wildman–Crippen MR) is 109 cm³/mol. The van der Waals surface area contributed by atoms with Crippen LogP contribution < -0.4 is 10.6 Å². The molecular formula is C19H26N4O2S2. The highest BCUT2D eigenvalue weighted by Gasteiger charge is 2.29. The minimum absolute atomic E-state index is 0.113. The third-order valence-electron chi connectivity index (χ3n) is 4.80. The number of anilines is 1. The summed E-state index contributed by atoms with van der Waals surface area (Å²) in [5, 5.41) is 9.08. The number of hydrogen-bond donors (Lipinski definition) is 2. The number of rotatable bonds is 7. The minimum Gasteiger partial charge on any atom is -0.347 e. The Kier molecular flexibility index (Phi) is 6.26. The molecule has 0 aromatic carbocycles. The summed E-state index contributed by atoms with van der Waals surface area (Å²) in [4.78, 5) is 34.8. The van der Waals surface area contributed by atoms with Crippen LogP contribution in [-0.4, -0.2) is 21.8 Å². The molecule has 0 unspecified atom stereocenters. The van der Waals surface area contributed by atoms with Crippen LogP contribution in [0.15, 0.2) is 5.38 Å². The minimum atomic E-state index is -0.264. The van der Waals surface area contributed by atoms with Crippen LogP contribution in [0.4, 0.5) is 5.13 Å². The number of nitrogens with zero attached hydrogens (tertiary/aromatic N) is 2. The molecule has 2 N–H and O–H groups in total. The highest BCUT2D eigenvalue weighted by atomic mass is 32.1. The zero-order valence-corrected chi connectivity index (χ0v) is 17.8. The SMILES string of the molecule is Cc1nc(NC(=O)c2csc([C@@H](CC(C)C)NC(=O)C3CCC3)n2)sc1C. The van der Waals surface area contributed by atoms with Crippen molar-refractivity contribution >= 4 is 39.6 Å². The molecule has 6 nitrogen and oxygen atoms in total. The molecule has 1 saturated carbocycles. The highest BCUT2D eigenvalue weighted by molar-refractivity contribution is 7.15. The molecule has 2 heterocycles. The first-order valence-corrected chi connectivity index (χ1v) is 11.0. The lowest BCUT2D eigenvalue weighted by Crippen LogP contribution is -2.37. The van der Waals surface area contributed by atoms with Gasteiger partial charge in [-0.25, -0.2) is 9.97 Å². The second-order valence-corrected chi connectivity index (χ2v) is 9.60. The van der Waals surface area contributed by atoms with Gasteiger partial charge in [0.2, 0.25) is 5.91 Å². The first kappa shape index (κ1) is 19.9. The summed E-state index contributed by atoms with van der Waals surface area (Å²) in [6, 6.07) is -0.144. The van der Waals surface area contributed by atoms with Crippen LogP contribution in [0.3, 0.4) is 0 Å². The number of hydrogen-bond acceptors (Lipinski definition) is 6. The largest absolute Gasteiger partial charge is 0.347 e. The maximum atomic E-state index is 12.5. The maximum absolute atomic E-state index is 12.5. The lowest BCUT2D eigenvalue weighted by molar-refractivity contribution is -0.128. The number of amides is 2. The molecule has 2 aromatic heterocycles. The Bertz CT molecular complexity index is 804. The highest BCUT2D eigenvalue weighted by Crippen LogP contribution is 2.30. The van der Waals surface area contributed by atoms with Crippen molar-refractivity contribution in [1.29, 1.82) is 0 Å². The summed E-state index contributed by atoms with van der Waals surface area (Å²) < 4.78 is 0. The van der Waals surface area contributed by atoms with Crippen molar-refractivity contribution in [2.24, 2.45) is 11.8 Å². The lowest BCUT2D eigenvalue weighted by atomic mass is 9.84. The lowest BCUT2D eigenvalue weighted by Gasteiger charge is -2.27. The molecule has 2 aromatic rings. The fraction of sp³-hybridized carbons (Fsp3) is 0.579. The van der Waals surface area contributed by atoms with Gasteiger partial charge in [0.1, 0.15) is 10.7 Å². The molecular weight excluding hydrogens is 380 g/mol. The molecule has 1 aliphatic rings. The second kappa shape index (κ2) is 8.48. The molecule has 1 fully saturated rings. The summed E-state index contributed by atoms with van der Waals surface area (Å²) in [7, 11) is 0. The van der Waals surface area contributed by atoms with Gasteiger partial charge >= 0.3 is 0 Å². The molecule has 1 aliphatic carbocycles. The van der Waals surface area contributed by atoms with Crippen molar-refractivity contribution in [3.63, 3.8) is 0 Å². The summed E-state index contributed by atoms with van der Waals surface area (Å²) in [6.07, 6.45) is 3.87. The van der Waals surface area contributed by atoms with E-state index in [1.807, 2.05) is 13.8 Å². The number of thiazole rings is 2. The monoisotopic (exact) mass is 406 g/mol. The molecule has 0 spiro atoms. The maximum Gasteiger partial charge on any atom is 0.276 e. The number of carbonyl (C=O) groups excluding carboxylic acids is 2. The van der Waals surface area contributed by atoms with Crippen LogP contribution in [0, 0.1) is 25.7 Å². The average Bonchev–Trinajstić information content (AvgIpc) is 3.12. The summed E-state index contributed by atoms with van der Waals surface area (Å²) >= 11 is 2.88. The Hall–Kier alpha value is -1.80. The van der Waals surface area contributed by atoms with Crippen LogP contribution in [-0.2, 0) is 4.79 Å². The van der Waals surface area contributed by atoms with E-state index >= 15 is 0 Å². The van der Waals surface area contributed by atoms with E-state index in [0.29, 0.717) is 16.7 Å². The van der Waals surface area contributed by atoms with E-state index in [0.717, 1.165) is 41.3 Å². The molecule has 0 bridgehead atoms. The number of aryl methyl sites for hydroxylation is 2. The fourth-order valence-electron chi connectivity index (χ4n) is 2.89. The Morgan fingerprint density at radius 2 is 2.00 bits per heavy atom. The van der Waals surface area contributed by atoms with Gasteiger partial charge in [-0.1, -0.05) is 20.3 Å². The van der Waals surface area contributed by atoms with E-state index in [-0.39, 0.29) is 23.8 Å². The van der Waals surface area contributed by atoms with Crippen molar-refractivity contribution < 1.29 is 9.59 Å². The first-order valence-electron chi connectivity index (χ1n) is 9.34. The zero-order valence-electron chi connectivity index (χ0n) is 16.2. The van der Waals surface area contributed by atoms with Gasteiger partial charge in [0.25, 0.3) is 5.91 Å². The van der Waals surface area contributed by atoms with Gasteiger partial charge in [-0.3, -0.25) is 14.9 Å². The van der Waals surface area contributed by atoms with E-state index in [4.69, 9.17) is 0 Å². The molecule has 0 aliphatic heterocycles. The normalized spacial score (nSPS) is 15.4.